The van der Waals surface area contributed by atoms with E-state index >= 15 is 0 Å². The Hall–Kier alpha value is -2.47. The Morgan fingerprint density at radius 2 is 1.59 bits per heavy atom. The van der Waals surface area contributed by atoms with Gasteiger partial charge in [-0.1, -0.05) is 83.9 Å². The van der Waals surface area contributed by atoms with Gasteiger partial charge < -0.3 is 10.2 Å². The van der Waals surface area contributed by atoms with Crippen molar-refractivity contribution in [2.45, 2.75) is 31.7 Å². The predicted molar refractivity (Wildman–Crippen MR) is 142 cm³/mol. The molecule has 178 valence electrons. The Morgan fingerprint density at radius 3 is 2.24 bits per heavy atom. The molecule has 0 saturated heterocycles. The zero-order valence-electron chi connectivity index (χ0n) is 19.3. The average molecular weight is 516 g/mol. The molecule has 3 rings (SSSR count). The van der Waals surface area contributed by atoms with Crippen molar-refractivity contribution in [2.75, 3.05) is 12.8 Å². The highest BCUT2D eigenvalue weighted by Crippen LogP contribution is 2.28. The molecule has 0 aromatic heterocycles. The Morgan fingerprint density at radius 1 is 0.941 bits per heavy atom. The van der Waals surface area contributed by atoms with E-state index in [1.54, 1.807) is 30.1 Å². The molecular formula is C27H28Cl2N2O2S. The van der Waals surface area contributed by atoms with Gasteiger partial charge in [0, 0.05) is 41.4 Å². The van der Waals surface area contributed by atoms with Crippen molar-refractivity contribution in [2.24, 2.45) is 0 Å². The summed E-state index contributed by atoms with van der Waals surface area (Å²) in [6, 6.07) is 22.3. The summed E-state index contributed by atoms with van der Waals surface area (Å²) in [6.07, 6.45) is 0.386. The molecule has 34 heavy (non-hydrogen) atoms. The smallest absolute Gasteiger partial charge is 0.242 e. The molecule has 0 spiro atoms. The van der Waals surface area contributed by atoms with E-state index in [1.165, 1.54) is 22.9 Å². The fourth-order valence-electron chi connectivity index (χ4n) is 3.68. The molecule has 0 aliphatic heterocycles. The van der Waals surface area contributed by atoms with Crippen LogP contribution >= 0.6 is 35.0 Å². The number of amides is 2. The first-order chi connectivity index (χ1) is 16.4. The van der Waals surface area contributed by atoms with Crippen LogP contribution in [-0.2, 0) is 28.3 Å². The standard InChI is InChI=1S/C27H28Cl2N2O2S/c1-19-9-6-7-12-21(19)17-34-18-26(32)31(16-22-23(28)13-8-14-24(22)29)25(27(33)30-2)15-20-10-4-3-5-11-20/h3-14,25H,15-18H2,1-2H3,(H,30,33). The lowest BCUT2D eigenvalue weighted by atomic mass is 10.0. The number of carbonyl (C=O) groups excluding carboxylic acids is 2. The van der Waals surface area contributed by atoms with Crippen molar-refractivity contribution in [3.63, 3.8) is 0 Å². The number of benzene rings is 3. The van der Waals surface area contributed by atoms with Gasteiger partial charge in [-0.2, -0.15) is 0 Å². The van der Waals surface area contributed by atoms with Crippen molar-refractivity contribution >= 4 is 46.8 Å². The van der Waals surface area contributed by atoms with E-state index in [9.17, 15) is 9.59 Å². The summed E-state index contributed by atoms with van der Waals surface area (Å²) in [5.74, 6) is 0.574. The quantitative estimate of drug-likeness (QED) is 0.365. The van der Waals surface area contributed by atoms with Crippen LogP contribution in [0.3, 0.4) is 0 Å². The highest BCUT2D eigenvalue weighted by atomic mass is 35.5. The largest absolute Gasteiger partial charge is 0.357 e. The molecule has 0 saturated carbocycles. The van der Waals surface area contributed by atoms with Gasteiger partial charge in [0.2, 0.25) is 11.8 Å². The summed E-state index contributed by atoms with van der Waals surface area (Å²) in [6.45, 7) is 2.21. The Bertz CT molecular complexity index is 1100. The van der Waals surface area contributed by atoms with Gasteiger partial charge in [0.15, 0.2) is 0 Å². The van der Waals surface area contributed by atoms with Crippen molar-refractivity contribution in [3.05, 3.63) is 105 Å². The second-order valence-corrected chi connectivity index (χ2v) is 9.76. The fraction of sp³-hybridized carbons (Fsp3) is 0.259. The molecule has 0 bridgehead atoms. The number of thioether (sulfide) groups is 1. The Kier molecular flexibility index (Phi) is 9.87. The maximum Gasteiger partial charge on any atom is 0.242 e. The van der Waals surface area contributed by atoms with Gasteiger partial charge in [-0.05, 0) is 35.7 Å². The van der Waals surface area contributed by atoms with Crippen LogP contribution in [-0.4, -0.2) is 35.6 Å². The molecule has 1 N–H and O–H groups in total. The first-order valence-electron chi connectivity index (χ1n) is 11.0. The molecular weight excluding hydrogens is 487 g/mol. The van der Waals surface area contributed by atoms with E-state index in [-0.39, 0.29) is 24.1 Å². The maximum absolute atomic E-state index is 13.5. The number of hydrogen-bond donors (Lipinski definition) is 1. The molecule has 4 nitrogen and oxygen atoms in total. The number of nitrogens with zero attached hydrogens (tertiary/aromatic N) is 1. The lowest BCUT2D eigenvalue weighted by molar-refractivity contribution is -0.139. The molecule has 0 aliphatic carbocycles. The van der Waals surface area contributed by atoms with Crippen LogP contribution in [0.25, 0.3) is 0 Å². The summed E-state index contributed by atoms with van der Waals surface area (Å²) in [4.78, 5) is 28.1. The molecule has 0 heterocycles. The zero-order valence-corrected chi connectivity index (χ0v) is 21.6. The van der Waals surface area contributed by atoms with E-state index in [0.717, 1.165) is 5.56 Å². The Labute approximate surface area is 215 Å². The monoisotopic (exact) mass is 514 g/mol. The second-order valence-electron chi connectivity index (χ2n) is 7.96. The molecule has 3 aromatic rings. The van der Waals surface area contributed by atoms with Crippen LogP contribution in [0, 0.1) is 6.92 Å². The molecule has 7 heteroatoms. The molecule has 3 aromatic carbocycles. The predicted octanol–water partition coefficient (Wildman–Crippen LogP) is 5.92. The SMILES string of the molecule is CNC(=O)C(Cc1ccccc1)N(Cc1c(Cl)cccc1Cl)C(=O)CSCc1ccccc1C. The second kappa shape index (κ2) is 12.8. The number of halogens is 2. The number of rotatable bonds is 10. The van der Waals surface area contributed by atoms with Gasteiger partial charge >= 0.3 is 0 Å². The van der Waals surface area contributed by atoms with Crippen LogP contribution in [0.4, 0.5) is 0 Å². The Balaban J connectivity index is 1.87. The number of carbonyl (C=O) groups is 2. The number of nitrogens with one attached hydrogen (secondary N) is 1. The van der Waals surface area contributed by atoms with Gasteiger partial charge in [-0.25, -0.2) is 0 Å². The van der Waals surface area contributed by atoms with Gasteiger partial charge in [-0.15, -0.1) is 11.8 Å². The van der Waals surface area contributed by atoms with Crippen molar-refractivity contribution in [3.8, 4) is 0 Å². The molecule has 2 amide bonds. The molecule has 0 fully saturated rings. The summed E-state index contributed by atoms with van der Waals surface area (Å²) >= 11 is 14.4. The third-order valence-electron chi connectivity index (χ3n) is 5.65. The van der Waals surface area contributed by atoms with Crippen LogP contribution in [0.5, 0.6) is 0 Å². The van der Waals surface area contributed by atoms with Gasteiger partial charge in [0.25, 0.3) is 0 Å². The van der Waals surface area contributed by atoms with E-state index in [2.05, 4.69) is 24.4 Å². The zero-order chi connectivity index (χ0) is 24.5. The van der Waals surface area contributed by atoms with Crippen LogP contribution in [0.2, 0.25) is 10.0 Å². The van der Waals surface area contributed by atoms with E-state index in [1.807, 2.05) is 42.5 Å². The van der Waals surface area contributed by atoms with Gasteiger partial charge in [0.05, 0.1) is 5.75 Å². The lowest BCUT2D eigenvalue weighted by Crippen LogP contribution is -2.50. The summed E-state index contributed by atoms with van der Waals surface area (Å²) in [5.41, 5.74) is 3.97. The normalized spacial score (nSPS) is 11.6. The fourth-order valence-corrected chi connectivity index (χ4v) is 5.18. The van der Waals surface area contributed by atoms with Crippen molar-refractivity contribution < 1.29 is 9.59 Å². The topological polar surface area (TPSA) is 49.4 Å². The highest BCUT2D eigenvalue weighted by Gasteiger charge is 2.30. The van der Waals surface area contributed by atoms with Crippen LogP contribution < -0.4 is 5.32 Å². The maximum atomic E-state index is 13.5. The molecule has 1 unspecified atom stereocenters. The first kappa shape index (κ1) is 26.1. The average Bonchev–Trinajstić information content (AvgIpc) is 2.84. The van der Waals surface area contributed by atoms with E-state index in [4.69, 9.17) is 23.2 Å². The van der Waals surface area contributed by atoms with Crippen LogP contribution in [0.15, 0.2) is 72.8 Å². The van der Waals surface area contributed by atoms with Gasteiger partial charge in [0.1, 0.15) is 6.04 Å². The third-order valence-corrected chi connectivity index (χ3v) is 7.33. The number of likely N-dealkylation sites (N-methyl/N-ethyl adjacent to an activating group) is 1. The van der Waals surface area contributed by atoms with Gasteiger partial charge in [-0.3, -0.25) is 9.59 Å². The minimum atomic E-state index is -0.702. The van der Waals surface area contributed by atoms with E-state index in [0.29, 0.717) is 27.8 Å². The van der Waals surface area contributed by atoms with Crippen molar-refractivity contribution in [1.82, 2.24) is 10.2 Å². The van der Waals surface area contributed by atoms with Crippen molar-refractivity contribution in [1.29, 1.82) is 0 Å². The highest BCUT2D eigenvalue weighted by molar-refractivity contribution is 7.99. The third kappa shape index (κ3) is 7.02. The van der Waals surface area contributed by atoms with Crippen LogP contribution in [0.1, 0.15) is 22.3 Å². The summed E-state index contributed by atoms with van der Waals surface area (Å²) in [5, 5.41) is 3.65. The number of hydrogen-bond acceptors (Lipinski definition) is 3. The first-order valence-corrected chi connectivity index (χ1v) is 12.9. The lowest BCUT2D eigenvalue weighted by Gasteiger charge is -2.31. The summed E-state index contributed by atoms with van der Waals surface area (Å²) in [7, 11) is 1.58. The van der Waals surface area contributed by atoms with E-state index < -0.39 is 6.04 Å². The minimum absolute atomic E-state index is 0.140. The molecule has 0 aliphatic rings. The minimum Gasteiger partial charge on any atom is -0.357 e. The summed E-state index contributed by atoms with van der Waals surface area (Å²) < 4.78 is 0. The number of aryl methyl sites for hydroxylation is 1. The molecule has 0 radical (unpaired) electrons. The molecule has 1 atom stereocenters.